The maximum atomic E-state index is 12.0. The van der Waals surface area contributed by atoms with Crippen LogP contribution in [0.1, 0.15) is 5.56 Å². The Kier molecular flexibility index (Phi) is 4.74. The lowest BCUT2D eigenvalue weighted by Crippen LogP contribution is -2.37. The molecular formula is C16H18N2O2. The first kappa shape index (κ1) is 14.1. The van der Waals surface area contributed by atoms with Gasteiger partial charge in [0.15, 0.2) is 0 Å². The van der Waals surface area contributed by atoms with Gasteiger partial charge in [-0.25, -0.2) is 0 Å². The van der Waals surface area contributed by atoms with Gasteiger partial charge in [0.2, 0.25) is 5.91 Å². The van der Waals surface area contributed by atoms with E-state index in [-0.39, 0.29) is 5.91 Å². The summed E-state index contributed by atoms with van der Waals surface area (Å²) in [5.41, 5.74) is 7.65. The third kappa shape index (κ3) is 3.83. The van der Waals surface area contributed by atoms with Crippen molar-refractivity contribution in [3.8, 4) is 5.75 Å². The summed E-state index contributed by atoms with van der Waals surface area (Å²) in [5.74, 6) is 0.488. The van der Waals surface area contributed by atoms with Crippen LogP contribution in [0.4, 0.5) is 5.69 Å². The van der Waals surface area contributed by atoms with E-state index in [1.807, 2.05) is 42.5 Å². The lowest BCUT2D eigenvalue weighted by atomic mass is 10.1. The van der Waals surface area contributed by atoms with Crippen molar-refractivity contribution in [2.24, 2.45) is 5.73 Å². The Morgan fingerprint density at radius 3 is 2.65 bits per heavy atom. The fraction of sp³-hybridized carbons (Fsp3) is 0.188. The normalized spacial score (nSPS) is 11.7. The molecule has 1 atom stereocenters. The minimum atomic E-state index is -0.580. The maximum Gasteiger partial charge on any atom is 0.241 e. The summed E-state index contributed by atoms with van der Waals surface area (Å²) in [6, 6.07) is 16.3. The topological polar surface area (TPSA) is 64.3 Å². The number of amides is 1. The largest absolute Gasteiger partial charge is 0.497 e. The molecule has 2 aromatic rings. The molecular weight excluding hydrogens is 252 g/mol. The van der Waals surface area contributed by atoms with E-state index in [1.165, 1.54) is 0 Å². The van der Waals surface area contributed by atoms with Gasteiger partial charge >= 0.3 is 0 Å². The molecule has 0 fully saturated rings. The van der Waals surface area contributed by atoms with Crippen LogP contribution < -0.4 is 15.8 Å². The van der Waals surface area contributed by atoms with Gasteiger partial charge in [0.25, 0.3) is 0 Å². The molecule has 0 aromatic heterocycles. The van der Waals surface area contributed by atoms with E-state index < -0.39 is 6.04 Å². The van der Waals surface area contributed by atoms with Gasteiger partial charge in [-0.1, -0.05) is 36.4 Å². The fourth-order valence-corrected chi connectivity index (χ4v) is 1.90. The first-order valence-corrected chi connectivity index (χ1v) is 6.43. The predicted octanol–water partition coefficient (Wildman–Crippen LogP) is 2.20. The SMILES string of the molecule is COc1cccc(NC(=O)C(N)Cc2ccccc2)c1. The molecule has 20 heavy (non-hydrogen) atoms. The third-order valence-corrected chi connectivity index (χ3v) is 2.97. The molecule has 1 unspecified atom stereocenters. The Labute approximate surface area is 118 Å². The highest BCUT2D eigenvalue weighted by atomic mass is 16.5. The summed E-state index contributed by atoms with van der Waals surface area (Å²) in [4.78, 5) is 12.0. The van der Waals surface area contributed by atoms with E-state index in [4.69, 9.17) is 10.5 Å². The molecule has 0 bridgehead atoms. The average molecular weight is 270 g/mol. The molecule has 3 N–H and O–H groups in total. The van der Waals surface area contributed by atoms with Gasteiger partial charge in [-0.15, -0.1) is 0 Å². The van der Waals surface area contributed by atoms with Gasteiger partial charge in [-0.3, -0.25) is 4.79 Å². The van der Waals surface area contributed by atoms with Crippen molar-refractivity contribution in [1.82, 2.24) is 0 Å². The molecule has 0 radical (unpaired) electrons. The zero-order chi connectivity index (χ0) is 14.4. The average Bonchev–Trinajstić information content (AvgIpc) is 2.48. The highest BCUT2D eigenvalue weighted by Gasteiger charge is 2.14. The van der Waals surface area contributed by atoms with Crippen molar-refractivity contribution in [2.75, 3.05) is 12.4 Å². The van der Waals surface area contributed by atoms with Crippen LogP contribution in [0, 0.1) is 0 Å². The monoisotopic (exact) mass is 270 g/mol. The number of methoxy groups -OCH3 is 1. The van der Waals surface area contributed by atoms with Crippen LogP contribution in [0.3, 0.4) is 0 Å². The van der Waals surface area contributed by atoms with Crippen LogP contribution >= 0.6 is 0 Å². The maximum absolute atomic E-state index is 12.0. The molecule has 0 heterocycles. The molecule has 104 valence electrons. The number of rotatable bonds is 5. The lowest BCUT2D eigenvalue weighted by Gasteiger charge is -2.13. The van der Waals surface area contributed by atoms with E-state index >= 15 is 0 Å². The zero-order valence-electron chi connectivity index (χ0n) is 11.4. The minimum Gasteiger partial charge on any atom is -0.497 e. The number of benzene rings is 2. The molecule has 0 spiro atoms. The van der Waals surface area contributed by atoms with Crippen molar-refractivity contribution >= 4 is 11.6 Å². The lowest BCUT2D eigenvalue weighted by molar-refractivity contribution is -0.117. The van der Waals surface area contributed by atoms with Gasteiger partial charge in [-0.2, -0.15) is 0 Å². The Morgan fingerprint density at radius 1 is 1.20 bits per heavy atom. The molecule has 1 amide bonds. The van der Waals surface area contributed by atoms with Gasteiger partial charge in [0, 0.05) is 11.8 Å². The van der Waals surface area contributed by atoms with E-state index in [0.717, 1.165) is 5.56 Å². The van der Waals surface area contributed by atoms with Gasteiger partial charge < -0.3 is 15.8 Å². The van der Waals surface area contributed by atoms with Crippen molar-refractivity contribution in [3.05, 3.63) is 60.2 Å². The Balaban J connectivity index is 1.97. The van der Waals surface area contributed by atoms with Crippen LogP contribution in [0.15, 0.2) is 54.6 Å². The molecule has 0 aliphatic carbocycles. The smallest absolute Gasteiger partial charge is 0.241 e. The number of ether oxygens (including phenoxy) is 1. The summed E-state index contributed by atoms with van der Waals surface area (Å²) in [6.07, 6.45) is 0.511. The predicted molar refractivity (Wildman–Crippen MR) is 79.7 cm³/mol. The van der Waals surface area contributed by atoms with E-state index in [9.17, 15) is 4.79 Å². The van der Waals surface area contributed by atoms with Crippen molar-refractivity contribution in [1.29, 1.82) is 0 Å². The molecule has 2 rings (SSSR count). The highest BCUT2D eigenvalue weighted by Crippen LogP contribution is 2.17. The van der Waals surface area contributed by atoms with Gasteiger partial charge in [0.05, 0.1) is 13.2 Å². The minimum absolute atomic E-state index is 0.206. The van der Waals surface area contributed by atoms with Crippen LogP contribution in [0.25, 0.3) is 0 Å². The summed E-state index contributed by atoms with van der Waals surface area (Å²) in [6.45, 7) is 0. The van der Waals surface area contributed by atoms with Crippen molar-refractivity contribution in [2.45, 2.75) is 12.5 Å². The first-order chi connectivity index (χ1) is 9.69. The molecule has 0 saturated carbocycles. The second-order valence-corrected chi connectivity index (χ2v) is 4.52. The molecule has 0 aliphatic rings. The Hall–Kier alpha value is -2.33. The van der Waals surface area contributed by atoms with E-state index in [0.29, 0.717) is 17.9 Å². The summed E-state index contributed by atoms with van der Waals surface area (Å²) >= 11 is 0. The highest BCUT2D eigenvalue weighted by molar-refractivity contribution is 5.95. The number of anilines is 1. The van der Waals surface area contributed by atoms with Crippen LogP contribution in [0.2, 0.25) is 0 Å². The van der Waals surface area contributed by atoms with E-state index in [1.54, 1.807) is 19.2 Å². The molecule has 0 saturated heterocycles. The number of carbonyl (C=O) groups is 1. The number of nitrogens with two attached hydrogens (primary N) is 1. The molecule has 0 aliphatic heterocycles. The Bertz CT molecular complexity index is 570. The van der Waals surface area contributed by atoms with Crippen LogP contribution in [-0.4, -0.2) is 19.1 Å². The third-order valence-electron chi connectivity index (χ3n) is 2.97. The molecule has 2 aromatic carbocycles. The summed E-state index contributed by atoms with van der Waals surface area (Å²) in [5, 5.41) is 2.79. The second kappa shape index (κ2) is 6.73. The first-order valence-electron chi connectivity index (χ1n) is 6.43. The van der Waals surface area contributed by atoms with Gasteiger partial charge in [-0.05, 0) is 24.1 Å². The van der Waals surface area contributed by atoms with Crippen molar-refractivity contribution in [3.63, 3.8) is 0 Å². The Morgan fingerprint density at radius 2 is 1.95 bits per heavy atom. The number of nitrogens with one attached hydrogen (secondary N) is 1. The van der Waals surface area contributed by atoms with Crippen LogP contribution in [0.5, 0.6) is 5.75 Å². The van der Waals surface area contributed by atoms with E-state index in [2.05, 4.69) is 5.32 Å². The summed E-state index contributed by atoms with van der Waals surface area (Å²) in [7, 11) is 1.59. The molecule has 4 heteroatoms. The fourth-order valence-electron chi connectivity index (χ4n) is 1.90. The van der Waals surface area contributed by atoms with Crippen LogP contribution in [-0.2, 0) is 11.2 Å². The summed E-state index contributed by atoms with van der Waals surface area (Å²) < 4.78 is 5.11. The number of carbonyl (C=O) groups excluding carboxylic acids is 1. The number of hydrogen-bond donors (Lipinski definition) is 2. The number of hydrogen-bond acceptors (Lipinski definition) is 3. The van der Waals surface area contributed by atoms with Crippen molar-refractivity contribution < 1.29 is 9.53 Å². The standard InChI is InChI=1S/C16H18N2O2/c1-20-14-9-5-8-13(11-14)18-16(19)15(17)10-12-6-3-2-4-7-12/h2-9,11,15H,10,17H2,1H3,(H,18,19). The molecule has 4 nitrogen and oxygen atoms in total. The second-order valence-electron chi connectivity index (χ2n) is 4.52. The van der Waals surface area contributed by atoms with Gasteiger partial charge in [0.1, 0.15) is 5.75 Å². The quantitative estimate of drug-likeness (QED) is 0.875. The zero-order valence-corrected chi connectivity index (χ0v) is 11.4.